The molecule has 1 aromatic carbocycles. The predicted molar refractivity (Wildman–Crippen MR) is 90.0 cm³/mol. The van der Waals surface area contributed by atoms with E-state index in [2.05, 4.69) is 36.3 Å². The SMILES string of the molecule is CCCNc1ccccc1C(=O)NCCN(CC)CCC. The summed E-state index contributed by atoms with van der Waals surface area (Å²) in [7, 11) is 0. The van der Waals surface area contributed by atoms with Gasteiger partial charge in [-0.3, -0.25) is 4.79 Å². The van der Waals surface area contributed by atoms with Crippen molar-refractivity contribution < 1.29 is 4.79 Å². The third-order valence-electron chi connectivity index (χ3n) is 3.44. The van der Waals surface area contributed by atoms with Gasteiger partial charge in [0.25, 0.3) is 5.91 Å². The van der Waals surface area contributed by atoms with Crippen molar-refractivity contribution in [2.75, 3.05) is 38.0 Å². The average Bonchev–Trinajstić information content (AvgIpc) is 2.52. The van der Waals surface area contributed by atoms with Crippen LogP contribution in [0.1, 0.15) is 44.0 Å². The van der Waals surface area contributed by atoms with Crippen LogP contribution in [-0.4, -0.2) is 43.5 Å². The summed E-state index contributed by atoms with van der Waals surface area (Å²) in [6.45, 7) is 11.0. The van der Waals surface area contributed by atoms with Gasteiger partial charge in [0.15, 0.2) is 0 Å². The molecule has 0 aliphatic heterocycles. The fraction of sp³-hybridized carbons (Fsp3) is 0.588. The Morgan fingerprint density at radius 1 is 1.05 bits per heavy atom. The van der Waals surface area contributed by atoms with E-state index in [1.54, 1.807) is 0 Å². The number of amides is 1. The zero-order valence-corrected chi connectivity index (χ0v) is 13.6. The van der Waals surface area contributed by atoms with Crippen LogP contribution in [0.2, 0.25) is 0 Å². The Balaban J connectivity index is 2.51. The number of rotatable bonds is 10. The minimum atomic E-state index is 0.00162. The molecule has 1 amide bonds. The summed E-state index contributed by atoms with van der Waals surface area (Å²) in [5, 5.41) is 6.32. The molecule has 118 valence electrons. The number of nitrogens with one attached hydrogen (secondary N) is 2. The van der Waals surface area contributed by atoms with E-state index < -0.39 is 0 Å². The molecule has 0 saturated heterocycles. The number of hydrogen-bond acceptors (Lipinski definition) is 3. The van der Waals surface area contributed by atoms with Gasteiger partial charge in [-0.05, 0) is 38.1 Å². The largest absolute Gasteiger partial charge is 0.384 e. The minimum Gasteiger partial charge on any atom is -0.384 e. The summed E-state index contributed by atoms with van der Waals surface area (Å²) < 4.78 is 0. The molecule has 0 atom stereocenters. The molecule has 0 radical (unpaired) electrons. The predicted octanol–water partition coefficient (Wildman–Crippen LogP) is 2.97. The van der Waals surface area contributed by atoms with Crippen molar-refractivity contribution in [1.29, 1.82) is 0 Å². The van der Waals surface area contributed by atoms with E-state index in [1.165, 1.54) is 0 Å². The molecule has 0 unspecified atom stereocenters. The molecule has 0 aliphatic rings. The fourth-order valence-electron chi connectivity index (χ4n) is 2.26. The van der Waals surface area contributed by atoms with Crippen LogP contribution in [-0.2, 0) is 0 Å². The smallest absolute Gasteiger partial charge is 0.253 e. The number of likely N-dealkylation sites (N-methyl/N-ethyl adjacent to an activating group) is 1. The quantitative estimate of drug-likeness (QED) is 0.696. The Hall–Kier alpha value is -1.55. The molecule has 0 aliphatic carbocycles. The summed E-state index contributed by atoms with van der Waals surface area (Å²) >= 11 is 0. The lowest BCUT2D eigenvalue weighted by molar-refractivity contribution is 0.0949. The van der Waals surface area contributed by atoms with Crippen LogP contribution in [0.3, 0.4) is 0 Å². The van der Waals surface area contributed by atoms with Crippen molar-refractivity contribution in [2.24, 2.45) is 0 Å². The topological polar surface area (TPSA) is 44.4 Å². The normalized spacial score (nSPS) is 10.7. The summed E-state index contributed by atoms with van der Waals surface area (Å²) in [4.78, 5) is 14.6. The first-order chi connectivity index (χ1) is 10.2. The minimum absolute atomic E-state index is 0.00162. The summed E-state index contributed by atoms with van der Waals surface area (Å²) in [5.41, 5.74) is 1.64. The third kappa shape index (κ3) is 6.17. The molecular formula is C17H29N3O. The molecule has 1 rings (SSSR count). The monoisotopic (exact) mass is 291 g/mol. The van der Waals surface area contributed by atoms with Gasteiger partial charge in [0.05, 0.1) is 5.56 Å². The van der Waals surface area contributed by atoms with Crippen LogP contribution in [0.15, 0.2) is 24.3 Å². The lowest BCUT2D eigenvalue weighted by Crippen LogP contribution is -2.35. The number of anilines is 1. The van der Waals surface area contributed by atoms with E-state index in [9.17, 15) is 4.79 Å². The standard InChI is InChI=1S/C17H29N3O/c1-4-11-18-16-10-8-7-9-15(16)17(21)19-12-14-20(6-3)13-5-2/h7-10,18H,4-6,11-14H2,1-3H3,(H,19,21). The zero-order valence-electron chi connectivity index (χ0n) is 13.6. The van der Waals surface area contributed by atoms with E-state index >= 15 is 0 Å². The second-order valence-electron chi connectivity index (χ2n) is 5.16. The van der Waals surface area contributed by atoms with Crippen molar-refractivity contribution >= 4 is 11.6 Å². The first-order valence-electron chi connectivity index (χ1n) is 8.06. The highest BCUT2D eigenvalue weighted by Crippen LogP contribution is 2.14. The van der Waals surface area contributed by atoms with Gasteiger partial charge >= 0.3 is 0 Å². The van der Waals surface area contributed by atoms with Gasteiger partial charge in [-0.1, -0.05) is 32.9 Å². The van der Waals surface area contributed by atoms with E-state index in [0.29, 0.717) is 6.54 Å². The lowest BCUT2D eigenvalue weighted by Gasteiger charge is -2.19. The molecule has 4 heteroatoms. The average molecular weight is 291 g/mol. The molecule has 1 aromatic rings. The highest BCUT2D eigenvalue weighted by Gasteiger charge is 2.10. The first-order valence-corrected chi connectivity index (χ1v) is 8.06. The molecule has 2 N–H and O–H groups in total. The van der Waals surface area contributed by atoms with E-state index in [1.807, 2.05) is 24.3 Å². The maximum absolute atomic E-state index is 12.3. The maximum Gasteiger partial charge on any atom is 0.253 e. The Morgan fingerprint density at radius 2 is 1.81 bits per heavy atom. The van der Waals surface area contributed by atoms with Crippen LogP contribution in [0, 0.1) is 0 Å². The molecule has 21 heavy (non-hydrogen) atoms. The van der Waals surface area contributed by atoms with Gasteiger partial charge in [-0.25, -0.2) is 0 Å². The van der Waals surface area contributed by atoms with E-state index in [0.717, 1.165) is 50.3 Å². The van der Waals surface area contributed by atoms with Crippen molar-refractivity contribution in [3.05, 3.63) is 29.8 Å². The zero-order chi connectivity index (χ0) is 15.5. The summed E-state index contributed by atoms with van der Waals surface area (Å²) in [6.07, 6.45) is 2.18. The highest BCUT2D eigenvalue weighted by molar-refractivity contribution is 5.99. The van der Waals surface area contributed by atoms with Crippen LogP contribution < -0.4 is 10.6 Å². The van der Waals surface area contributed by atoms with Gasteiger partial charge in [-0.15, -0.1) is 0 Å². The van der Waals surface area contributed by atoms with Gasteiger partial charge in [0.2, 0.25) is 0 Å². The number of nitrogens with zero attached hydrogens (tertiary/aromatic N) is 1. The number of para-hydroxylation sites is 1. The van der Waals surface area contributed by atoms with Crippen LogP contribution in [0.25, 0.3) is 0 Å². The molecule has 0 aromatic heterocycles. The highest BCUT2D eigenvalue weighted by atomic mass is 16.1. The van der Waals surface area contributed by atoms with Crippen molar-refractivity contribution in [2.45, 2.75) is 33.6 Å². The molecule has 4 nitrogen and oxygen atoms in total. The second kappa shape index (κ2) is 10.2. The van der Waals surface area contributed by atoms with Crippen molar-refractivity contribution in [3.8, 4) is 0 Å². The number of hydrogen-bond donors (Lipinski definition) is 2. The van der Waals surface area contributed by atoms with Crippen molar-refractivity contribution in [1.82, 2.24) is 10.2 Å². The number of carbonyl (C=O) groups is 1. The van der Waals surface area contributed by atoms with Crippen LogP contribution in [0.4, 0.5) is 5.69 Å². The Labute approximate surface area is 128 Å². The van der Waals surface area contributed by atoms with Crippen LogP contribution >= 0.6 is 0 Å². The molecule has 0 saturated carbocycles. The van der Waals surface area contributed by atoms with Gasteiger partial charge < -0.3 is 15.5 Å². The first kappa shape index (κ1) is 17.5. The molecule has 0 spiro atoms. The number of benzene rings is 1. The lowest BCUT2D eigenvalue weighted by atomic mass is 10.1. The maximum atomic E-state index is 12.3. The van der Waals surface area contributed by atoms with Crippen molar-refractivity contribution in [3.63, 3.8) is 0 Å². The Kier molecular flexibility index (Phi) is 8.51. The van der Waals surface area contributed by atoms with Gasteiger partial charge in [-0.2, -0.15) is 0 Å². The van der Waals surface area contributed by atoms with Gasteiger partial charge in [0, 0.05) is 25.3 Å². The third-order valence-corrected chi connectivity index (χ3v) is 3.44. The molecule has 0 bridgehead atoms. The second-order valence-corrected chi connectivity index (χ2v) is 5.16. The molecule has 0 fully saturated rings. The number of carbonyl (C=O) groups excluding carboxylic acids is 1. The Morgan fingerprint density at radius 3 is 2.48 bits per heavy atom. The van der Waals surface area contributed by atoms with Crippen LogP contribution in [0.5, 0.6) is 0 Å². The molecule has 0 heterocycles. The van der Waals surface area contributed by atoms with E-state index in [-0.39, 0.29) is 5.91 Å². The van der Waals surface area contributed by atoms with E-state index in [4.69, 9.17) is 0 Å². The Bertz CT molecular complexity index is 420. The fourth-order valence-corrected chi connectivity index (χ4v) is 2.26. The molecular weight excluding hydrogens is 262 g/mol. The van der Waals surface area contributed by atoms with Gasteiger partial charge in [0.1, 0.15) is 0 Å². The summed E-state index contributed by atoms with van der Waals surface area (Å²) in [6, 6.07) is 7.69. The summed E-state index contributed by atoms with van der Waals surface area (Å²) in [5.74, 6) is 0.00162.